The quantitative estimate of drug-likeness (QED) is 0.538. The van der Waals surface area contributed by atoms with Gasteiger partial charge in [-0.25, -0.2) is 13.6 Å². The first kappa shape index (κ1) is 10.2. The van der Waals surface area contributed by atoms with Crippen molar-refractivity contribution >= 4 is 5.97 Å². The molecule has 0 spiro atoms. The zero-order chi connectivity index (χ0) is 9.02. The van der Waals surface area contributed by atoms with Crippen molar-refractivity contribution in [1.82, 2.24) is 0 Å². The van der Waals surface area contributed by atoms with Crippen molar-refractivity contribution in [3.8, 4) is 0 Å². The number of halogens is 2. The summed E-state index contributed by atoms with van der Waals surface area (Å²) in [5.41, 5.74) is 4.74. The summed E-state index contributed by atoms with van der Waals surface area (Å²) in [7, 11) is 0.976. The Bertz CT molecular complexity index is 142. The van der Waals surface area contributed by atoms with Crippen molar-refractivity contribution in [2.75, 3.05) is 7.11 Å². The number of methoxy groups -OCH3 is 1. The van der Waals surface area contributed by atoms with Crippen LogP contribution >= 0.6 is 0 Å². The highest BCUT2D eigenvalue weighted by Crippen LogP contribution is 2.03. The predicted molar refractivity (Wildman–Crippen MR) is 32.0 cm³/mol. The van der Waals surface area contributed by atoms with Crippen molar-refractivity contribution in [3.63, 3.8) is 0 Å². The average Bonchev–Trinajstić information content (AvgIpc) is 2.00. The Morgan fingerprint density at radius 2 is 2.09 bits per heavy atom. The lowest BCUT2D eigenvalue weighted by Crippen LogP contribution is -2.45. The molecule has 0 unspecified atom stereocenters. The fourth-order valence-corrected chi connectivity index (χ4v) is 0.416. The number of ether oxygens (including phenoxy) is 1. The van der Waals surface area contributed by atoms with Crippen LogP contribution < -0.4 is 5.73 Å². The molecule has 3 N–H and O–H groups in total. The van der Waals surface area contributed by atoms with Crippen molar-refractivity contribution in [2.24, 2.45) is 5.73 Å². The molecule has 0 saturated carbocycles. The van der Waals surface area contributed by atoms with Gasteiger partial charge in [0.15, 0.2) is 6.10 Å². The fourth-order valence-electron chi connectivity index (χ4n) is 0.416. The van der Waals surface area contributed by atoms with Gasteiger partial charge in [0.25, 0.3) is 6.43 Å². The lowest BCUT2D eigenvalue weighted by molar-refractivity contribution is -0.153. The number of carbonyl (C=O) groups is 1. The number of rotatable bonds is 3. The van der Waals surface area contributed by atoms with Crippen LogP contribution in [-0.4, -0.2) is 36.8 Å². The average molecular weight is 169 g/mol. The van der Waals surface area contributed by atoms with E-state index in [1.807, 2.05) is 0 Å². The van der Waals surface area contributed by atoms with E-state index in [4.69, 9.17) is 10.8 Å². The van der Waals surface area contributed by atoms with Crippen LogP contribution in [0.4, 0.5) is 8.78 Å². The Morgan fingerprint density at radius 3 is 2.36 bits per heavy atom. The third-order valence-corrected chi connectivity index (χ3v) is 1.10. The van der Waals surface area contributed by atoms with Gasteiger partial charge in [-0.2, -0.15) is 0 Å². The molecule has 0 amide bonds. The van der Waals surface area contributed by atoms with E-state index in [-0.39, 0.29) is 0 Å². The molecular weight excluding hydrogens is 160 g/mol. The summed E-state index contributed by atoms with van der Waals surface area (Å²) in [6.07, 6.45) is -4.90. The van der Waals surface area contributed by atoms with Crippen molar-refractivity contribution in [1.29, 1.82) is 0 Å². The standard InChI is InChI=1S/C5H9F2NO3/c1-11-5(10)3(9)2(8)4(6)7/h2-4,9H,8H2,1H3/t2-,3-/m0/s1. The summed E-state index contributed by atoms with van der Waals surface area (Å²) in [5.74, 6) is -1.15. The Kier molecular flexibility index (Phi) is 3.91. The molecule has 0 fully saturated rings. The van der Waals surface area contributed by atoms with Crippen LogP contribution in [-0.2, 0) is 9.53 Å². The zero-order valence-corrected chi connectivity index (χ0v) is 5.83. The van der Waals surface area contributed by atoms with E-state index in [1.165, 1.54) is 0 Å². The van der Waals surface area contributed by atoms with Gasteiger partial charge < -0.3 is 15.6 Å². The molecule has 0 aliphatic carbocycles. The molecule has 0 rings (SSSR count). The van der Waals surface area contributed by atoms with Gasteiger partial charge in [0, 0.05) is 0 Å². The van der Waals surface area contributed by atoms with Gasteiger partial charge in [-0.3, -0.25) is 0 Å². The van der Waals surface area contributed by atoms with Crippen molar-refractivity contribution in [3.05, 3.63) is 0 Å². The zero-order valence-electron chi connectivity index (χ0n) is 5.83. The maximum atomic E-state index is 11.7. The van der Waals surface area contributed by atoms with E-state index in [9.17, 15) is 13.6 Å². The summed E-state index contributed by atoms with van der Waals surface area (Å²) in [5, 5.41) is 8.68. The molecule has 0 heterocycles. The first-order valence-corrected chi connectivity index (χ1v) is 2.80. The summed E-state index contributed by atoms with van der Waals surface area (Å²) in [4.78, 5) is 10.4. The number of aliphatic hydroxyl groups excluding tert-OH is 1. The van der Waals surface area contributed by atoms with Crippen LogP contribution in [0, 0.1) is 0 Å². The van der Waals surface area contributed by atoms with Crippen LogP contribution in [0.3, 0.4) is 0 Å². The Balaban J connectivity index is 4.01. The van der Waals surface area contributed by atoms with Crippen LogP contribution in [0.25, 0.3) is 0 Å². The molecule has 0 bridgehead atoms. The third-order valence-electron chi connectivity index (χ3n) is 1.10. The Hall–Kier alpha value is -0.750. The topological polar surface area (TPSA) is 72.5 Å². The largest absolute Gasteiger partial charge is 0.467 e. The molecule has 2 atom stereocenters. The lowest BCUT2D eigenvalue weighted by atomic mass is 10.2. The maximum Gasteiger partial charge on any atom is 0.336 e. The van der Waals surface area contributed by atoms with E-state index in [1.54, 1.807) is 0 Å². The minimum absolute atomic E-state index is 0.976. The number of esters is 1. The Morgan fingerprint density at radius 1 is 1.64 bits per heavy atom. The van der Waals surface area contributed by atoms with Crippen LogP contribution in [0.5, 0.6) is 0 Å². The highest BCUT2D eigenvalue weighted by molar-refractivity contribution is 5.75. The summed E-state index contributed by atoms with van der Waals surface area (Å²) in [6, 6.07) is -1.89. The lowest BCUT2D eigenvalue weighted by Gasteiger charge is -2.14. The van der Waals surface area contributed by atoms with Gasteiger partial charge >= 0.3 is 5.97 Å². The molecule has 0 saturated heterocycles. The molecular formula is C5H9F2NO3. The molecule has 0 radical (unpaired) electrons. The first-order valence-electron chi connectivity index (χ1n) is 2.80. The number of nitrogens with two attached hydrogens (primary N) is 1. The molecule has 6 heteroatoms. The van der Waals surface area contributed by atoms with Gasteiger partial charge in [0.1, 0.15) is 6.04 Å². The minimum atomic E-state index is -2.94. The third kappa shape index (κ3) is 2.77. The summed E-state index contributed by atoms with van der Waals surface area (Å²) < 4.78 is 27.3. The molecule has 0 aromatic rings. The summed E-state index contributed by atoms with van der Waals surface area (Å²) in [6.45, 7) is 0. The number of hydrogen-bond acceptors (Lipinski definition) is 4. The smallest absolute Gasteiger partial charge is 0.336 e. The van der Waals surface area contributed by atoms with Crippen molar-refractivity contribution in [2.45, 2.75) is 18.6 Å². The van der Waals surface area contributed by atoms with Gasteiger partial charge in [0.05, 0.1) is 7.11 Å². The van der Waals surface area contributed by atoms with Gasteiger partial charge in [-0.1, -0.05) is 0 Å². The minimum Gasteiger partial charge on any atom is -0.467 e. The van der Waals surface area contributed by atoms with Crippen LogP contribution in [0.15, 0.2) is 0 Å². The second-order valence-electron chi connectivity index (χ2n) is 1.88. The van der Waals surface area contributed by atoms with Gasteiger partial charge in [-0.15, -0.1) is 0 Å². The van der Waals surface area contributed by atoms with E-state index in [2.05, 4.69) is 4.74 Å². The molecule has 4 nitrogen and oxygen atoms in total. The molecule has 66 valence electrons. The number of aliphatic hydroxyl groups is 1. The normalized spacial score (nSPS) is 16.2. The predicted octanol–water partition coefficient (Wildman–Crippen LogP) is -0.887. The van der Waals surface area contributed by atoms with Gasteiger partial charge in [0.2, 0.25) is 0 Å². The fraction of sp³-hybridized carbons (Fsp3) is 0.800. The van der Waals surface area contributed by atoms with E-state index in [0.717, 1.165) is 7.11 Å². The Labute approximate surface area is 61.9 Å². The van der Waals surface area contributed by atoms with E-state index < -0.39 is 24.5 Å². The second kappa shape index (κ2) is 4.20. The molecule has 0 aliphatic rings. The van der Waals surface area contributed by atoms with Crippen molar-refractivity contribution < 1.29 is 23.4 Å². The SMILES string of the molecule is COC(=O)[C@@H](O)[C@H](N)C(F)F. The van der Waals surface area contributed by atoms with E-state index >= 15 is 0 Å². The highest BCUT2D eigenvalue weighted by atomic mass is 19.3. The molecule has 11 heavy (non-hydrogen) atoms. The monoisotopic (exact) mass is 169 g/mol. The van der Waals surface area contributed by atoms with Crippen LogP contribution in [0.2, 0.25) is 0 Å². The summed E-state index contributed by atoms with van der Waals surface area (Å²) >= 11 is 0. The van der Waals surface area contributed by atoms with Gasteiger partial charge in [-0.05, 0) is 0 Å². The number of hydrogen-bond donors (Lipinski definition) is 2. The van der Waals surface area contributed by atoms with Crippen LogP contribution in [0.1, 0.15) is 0 Å². The number of carbonyl (C=O) groups excluding carboxylic acids is 1. The second-order valence-corrected chi connectivity index (χ2v) is 1.88. The maximum absolute atomic E-state index is 11.7. The molecule has 0 aromatic carbocycles. The molecule has 0 aliphatic heterocycles. The molecule has 0 aromatic heterocycles. The highest BCUT2D eigenvalue weighted by Gasteiger charge is 2.30. The first-order chi connectivity index (χ1) is 5.00. The van der Waals surface area contributed by atoms with E-state index in [0.29, 0.717) is 0 Å². The number of alkyl halides is 2.